The molecule has 0 saturated heterocycles. The maximum atomic E-state index is 11.0. The summed E-state index contributed by atoms with van der Waals surface area (Å²) in [7, 11) is 1.45. The number of fused-ring (bicyclic) bond motifs is 1. The fourth-order valence-corrected chi connectivity index (χ4v) is 1.04. The van der Waals surface area contributed by atoms with E-state index in [-0.39, 0.29) is 11.8 Å². The van der Waals surface area contributed by atoms with Crippen molar-refractivity contribution in [1.29, 1.82) is 0 Å². The second-order valence-corrected chi connectivity index (χ2v) is 2.62. The average Bonchev–Trinajstić information content (AvgIpc) is 2.69. The zero-order valence-electron chi connectivity index (χ0n) is 7.68. The van der Waals surface area contributed by atoms with Gasteiger partial charge in [0, 0.05) is 0 Å². The van der Waals surface area contributed by atoms with E-state index in [2.05, 4.69) is 19.9 Å². The van der Waals surface area contributed by atoms with Crippen LogP contribution in [-0.2, 0) is 0 Å². The van der Waals surface area contributed by atoms with E-state index >= 15 is 0 Å². The number of nitrogens with zero attached hydrogens (tertiary/aromatic N) is 3. The normalized spacial score (nSPS) is 10.3. The average molecular weight is 209 g/mol. The Balaban J connectivity index is 2.50. The van der Waals surface area contributed by atoms with Crippen molar-refractivity contribution in [2.75, 3.05) is 7.11 Å². The number of ether oxygens (including phenoxy) is 1. The lowest BCUT2D eigenvalue weighted by Crippen LogP contribution is -2.21. The Hall–Kier alpha value is -2.22. The van der Waals surface area contributed by atoms with E-state index in [9.17, 15) is 4.79 Å². The van der Waals surface area contributed by atoms with Crippen LogP contribution in [0.5, 0.6) is 6.01 Å². The Bertz CT molecular complexity index is 508. The molecule has 2 rings (SSSR count). The van der Waals surface area contributed by atoms with E-state index in [0.717, 1.165) is 0 Å². The summed E-state index contributed by atoms with van der Waals surface area (Å²) in [5.74, 6) is -0.960. The molecule has 0 bridgehead atoms. The molecule has 2 aromatic rings. The molecular formula is C7H7N5O3. The topological polar surface area (TPSA) is 113 Å². The Labute approximate surface area is 83.3 Å². The van der Waals surface area contributed by atoms with Crippen LogP contribution >= 0.6 is 0 Å². The number of carbonyl (C=O) groups excluding carboxylic acids is 1. The number of amides is 1. The molecule has 1 amide bonds. The molecular weight excluding hydrogens is 202 g/mol. The van der Waals surface area contributed by atoms with Crippen LogP contribution in [0.4, 0.5) is 0 Å². The lowest BCUT2D eigenvalue weighted by atomic mass is 10.5. The van der Waals surface area contributed by atoms with Crippen molar-refractivity contribution >= 4 is 17.1 Å². The first-order valence-electron chi connectivity index (χ1n) is 3.96. The first-order chi connectivity index (χ1) is 7.24. The predicted octanol–water partition coefficient (Wildman–Crippen LogP) is -0.520. The summed E-state index contributed by atoms with van der Waals surface area (Å²) in [5, 5.41) is 8.38. The van der Waals surface area contributed by atoms with Gasteiger partial charge >= 0.3 is 5.91 Å². The number of hydrogen-bond acceptors (Lipinski definition) is 6. The van der Waals surface area contributed by atoms with Gasteiger partial charge in [0.2, 0.25) is 5.82 Å². The quantitative estimate of drug-likeness (QED) is 0.453. The zero-order valence-corrected chi connectivity index (χ0v) is 7.68. The molecule has 0 aliphatic heterocycles. The monoisotopic (exact) mass is 209 g/mol. The summed E-state index contributed by atoms with van der Waals surface area (Å²) < 4.78 is 4.84. The molecule has 0 aliphatic rings. The third kappa shape index (κ3) is 1.57. The molecule has 2 aromatic heterocycles. The van der Waals surface area contributed by atoms with E-state index in [1.807, 2.05) is 0 Å². The molecule has 0 atom stereocenters. The SMILES string of the molecule is COc1nc2nc(C(=O)NO)ncc2[nH]1. The van der Waals surface area contributed by atoms with E-state index in [4.69, 9.17) is 9.94 Å². The molecule has 0 aliphatic carbocycles. The number of rotatable bonds is 2. The van der Waals surface area contributed by atoms with Gasteiger partial charge in [0.25, 0.3) is 6.01 Å². The van der Waals surface area contributed by atoms with Crippen LogP contribution in [0.15, 0.2) is 6.20 Å². The predicted molar refractivity (Wildman–Crippen MR) is 47.5 cm³/mol. The Kier molecular flexibility index (Phi) is 2.18. The number of nitrogens with one attached hydrogen (secondary N) is 2. The van der Waals surface area contributed by atoms with Crippen molar-refractivity contribution in [2.24, 2.45) is 0 Å². The summed E-state index contributed by atoms with van der Waals surface area (Å²) in [6.07, 6.45) is 1.38. The molecule has 0 radical (unpaired) electrons. The minimum Gasteiger partial charge on any atom is -0.468 e. The lowest BCUT2D eigenvalue weighted by Gasteiger charge is -1.94. The van der Waals surface area contributed by atoms with Crippen LogP contribution in [-0.4, -0.2) is 38.2 Å². The molecule has 0 fully saturated rings. The Morgan fingerprint density at radius 3 is 3.07 bits per heavy atom. The second-order valence-electron chi connectivity index (χ2n) is 2.62. The highest BCUT2D eigenvalue weighted by Crippen LogP contribution is 2.11. The molecule has 0 spiro atoms. The molecule has 8 heteroatoms. The van der Waals surface area contributed by atoms with Gasteiger partial charge in [-0.25, -0.2) is 15.4 Å². The van der Waals surface area contributed by atoms with Crippen molar-refractivity contribution in [1.82, 2.24) is 25.4 Å². The first-order valence-corrected chi connectivity index (χ1v) is 3.96. The number of aromatic nitrogens is 4. The molecule has 78 valence electrons. The molecule has 2 heterocycles. The van der Waals surface area contributed by atoms with Gasteiger partial charge in [-0.2, -0.15) is 4.98 Å². The van der Waals surface area contributed by atoms with Gasteiger partial charge in [0.15, 0.2) is 5.65 Å². The highest BCUT2D eigenvalue weighted by molar-refractivity contribution is 5.90. The van der Waals surface area contributed by atoms with Crippen LogP contribution in [0.2, 0.25) is 0 Å². The van der Waals surface area contributed by atoms with Crippen molar-refractivity contribution in [3.8, 4) is 6.01 Å². The summed E-state index contributed by atoms with van der Waals surface area (Å²) in [5.41, 5.74) is 2.27. The minimum atomic E-state index is -0.793. The maximum Gasteiger partial charge on any atom is 0.312 e. The summed E-state index contributed by atoms with van der Waals surface area (Å²) >= 11 is 0. The fraction of sp³-hybridized carbons (Fsp3) is 0.143. The summed E-state index contributed by atoms with van der Waals surface area (Å²) in [6.45, 7) is 0. The standard InChI is InChI=1S/C7H7N5O3/c1-15-7-9-3-2-8-5(6(13)12-14)10-4(3)11-7/h2,14H,1H3,(H,12,13)(H,8,9,10,11). The number of hydrogen-bond donors (Lipinski definition) is 3. The van der Waals surface area contributed by atoms with E-state index in [1.54, 1.807) is 0 Å². The van der Waals surface area contributed by atoms with Gasteiger partial charge < -0.3 is 9.72 Å². The highest BCUT2D eigenvalue weighted by Gasteiger charge is 2.11. The fourth-order valence-electron chi connectivity index (χ4n) is 1.04. The van der Waals surface area contributed by atoms with Gasteiger partial charge in [-0.05, 0) is 0 Å². The number of hydroxylamine groups is 1. The lowest BCUT2D eigenvalue weighted by molar-refractivity contribution is 0.0695. The highest BCUT2D eigenvalue weighted by atomic mass is 16.5. The number of H-pyrrole nitrogens is 1. The molecule has 15 heavy (non-hydrogen) atoms. The van der Waals surface area contributed by atoms with Crippen molar-refractivity contribution in [3.05, 3.63) is 12.0 Å². The van der Waals surface area contributed by atoms with Crippen molar-refractivity contribution in [2.45, 2.75) is 0 Å². The number of aromatic amines is 1. The summed E-state index contributed by atoms with van der Waals surface area (Å²) in [6, 6.07) is 0.279. The Morgan fingerprint density at radius 1 is 1.60 bits per heavy atom. The van der Waals surface area contributed by atoms with Gasteiger partial charge in [0.05, 0.1) is 13.3 Å². The van der Waals surface area contributed by atoms with E-state index in [1.165, 1.54) is 18.8 Å². The third-order valence-electron chi connectivity index (χ3n) is 1.72. The molecule has 0 saturated carbocycles. The summed E-state index contributed by atoms with van der Waals surface area (Å²) in [4.78, 5) is 25.2. The number of carbonyl (C=O) groups is 1. The third-order valence-corrected chi connectivity index (χ3v) is 1.72. The van der Waals surface area contributed by atoms with Gasteiger partial charge in [0.1, 0.15) is 5.52 Å². The largest absolute Gasteiger partial charge is 0.468 e. The van der Waals surface area contributed by atoms with Gasteiger partial charge in [-0.3, -0.25) is 10.0 Å². The van der Waals surface area contributed by atoms with Crippen LogP contribution < -0.4 is 10.2 Å². The van der Waals surface area contributed by atoms with Crippen molar-refractivity contribution in [3.63, 3.8) is 0 Å². The number of methoxy groups -OCH3 is 1. The molecule has 3 N–H and O–H groups in total. The minimum absolute atomic E-state index is 0.167. The maximum absolute atomic E-state index is 11.0. The second kappa shape index (κ2) is 3.50. The zero-order chi connectivity index (χ0) is 10.8. The molecule has 0 unspecified atom stereocenters. The molecule has 0 aromatic carbocycles. The van der Waals surface area contributed by atoms with Crippen molar-refractivity contribution < 1.29 is 14.7 Å². The van der Waals surface area contributed by atoms with Gasteiger partial charge in [-0.1, -0.05) is 0 Å². The van der Waals surface area contributed by atoms with Gasteiger partial charge in [-0.15, -0.1) is 0 Å². The Morgan fingerprint density at radius 2 is 2.40 bits per heavy atom. The smallest absolute Gasteiger partial charge is 0.312 e. The van der Waals surface area contributed by atoms with Crippen LogP contribution in [0.3, 0.4) is 0 Å². The first kappa shape index (κ1) is 9.34. The number of imidazole rings is 1. The molecule has 8 nitrogen and oxygen atoms in total. The van der Waals surface area contributed by atoms with Crippen LogP contribution in [0.1, 0.15) is 10.6 Å². The van der Waals surface area contributed by atoms with Crippen LogP contribution in [0.25, 0.3) is 11.2 Å². The van der Waals surface area contributed by atoms with E-state index < -0.39 is 5.91 Å². The van der Waals surface area contributed by atoms with Crippen LogP contribution in [0, 0.1) is 0 Å². The van der Waals surface area contributed by atoms with E-state index in [0.29, 0.717) is 11.2 Å².